The minimum Gasteiger partial charge on any atom is -0.314 e. The molecule has 2 aromatic heterocycles. The van der Waals surface area contributed by atoms with Crippen molar-refractivity contribution in [2.24, 2.45) is 0 Å². The smallest absolute Gasteiger partial charge is 0.0897 e. The quantitative estimate of drug-likeness (QED) is 0.868. The van der Waals surface area contributed by atoms with E-state index in [4.69, 9.17) is 0 Å². The number of nitrogens with zero attached hydrogens (tertiary/aromatic N) is 2. The molecule has 0 saturated heterocycles. The van der Waals surface area contributed by atoms with Crippen molar-refractivity contribution in [1.29, 1.82) is 0 Å². The molecule has 3 nitrogen and oxygen atoms in total. The first-order valence-corrected chi connectivity index (χ1v) is 7.19. The molecule has 0 aliphatic carbocycles. The van der Waals surface area contributed by atoms with Crippen LogP contribution in [-0.4, -0.2) is 22.6 Å². The van der Waals surface area contributed by atoms with Crippen LogP contribution in [-0.2, 0) is 12.8 Å². The van der Waals surface area contributed by atoms with Crippen molar-refractivity contribution >= 4 is 11.3 Å². The summed E-state index contributed by atoms with van der Waals surface area (Å²) in [5, 5.41) is 6.83. The maximum absolute atomic E-state index is 4.54. The van der Waals surface area contributed by atoms with Gasteiger partial charge in [0.25, 0.3) is 0 Å². The molecule has 2 heterocycles. The molecule has 96 valence electrons. The summed E-state index contributed by atoms with van der Waals surface area (Å²) in [6, 6.07) is 4.60. The Morgan fingerprint density at radius 2 is 2.06 bits per heavy atom. The summed E-state index contributed by atoms with van der Waals surface area (Å²) in [6.07, 6.45) is 5.71. The summed E-state index contributed by atoms with van der Waals surface area (Å²) in [4.78, 5) is 8.60. The first-order chi connectivity index (χ1) is 8.78. The van der Waals surface area contributed by atoms with Crippen molar-refractivity contribution in [3.63, 3.8) is 0 Å². The van der Waals surface area contributed by atoms with E-state index in [-0.39, 0.29) is 0 Å². The van der Waals surface area contributed by atoms with Gasteiger partial charge in [0.2, 0.25) is 0 Å². The number of aryl methyl sites for hydroxylation is 1. The Morgan fingerprint density at radius 3 is 2.67 bits per heavy atom. The normalized spacial score (nSPS) is 12.6. The van der Waals surface area contributed by atoms with Gasteiger partial charge in [-0.1, -0.05) is 6.92 Å². The zero-order valence-corrected chi connectivity index (χ0v) is 11.7. The van der Waals surface area contributed by atoms with Crippen LogP contribution in [0.25, 0.3) is 0 Å². The lowest BCUT2D eigenvalue weighted by atomic mass is 10.0. The van der Waals surface area contributed by atoms with Crippen LogP contribution in [0.4, 0.5) is 0 Å². The van der Waals surface area contributed by atoms with E-state index in [0.717, 1.165) is 24.4 Å². The van der Waals surface area contributed by atoms with Crippen LogP contribution in [0, 0.1) is 6.92 Å². The van der Waals surface area contributed by atoms with Crippen molar-refractivity contribution in [2.75, 3.05) is 6.54 Å². The van der Waals surface area contributed by atoms with Gasteiger partial charge in [0, 0.05) is 30.2 Å². The molecular formula is C14H19N3S. The number of nitrogens with one attached hydrogen (secondary N) is 1. The van der Waals surface area contributed by atoms with Gasteiger partial charge in [0.05, 0.1) is 10.7 Å². The van der Waals surface area contributed by atoms with Gasteiger partial charge in [-0.3, -0.25) is 4.98 Å². The molecule has 1 unspecified atom stereocenters. The van der Waals surface area contributed by atoms with Crippen molar-refractivity contribution in [2.45, 2.75) is 32.7 Å². The van der Waals surface area contributed by atoms with Crippen LogP contribution >= 0.6 is 11.3 Å². The molecule has 1 atom stereocenters. The molecule has 0 spiro atoms. The summed E-state index contributed by atoms with van der Waals surface area (Å²) < 4.78 is 0. The van der Waals surface area contributed by atoms with Gasteiger partial charge in [-0.25, -0.2) is 4.98 Å². The van der Waals surface area contributed by atoms with Crippen molar-refractivity contribution in [3.8, 4) is 0 Å². The number of likely N-dealkylation sites (N-methyl/N-ethyl adjacent to an activating group) is 1. The molecular weight excluding hydrogens is 242 g/mol. The van der Waals surface area contributed by atoms with E-state index in [9.17, 15) is 0 Å². The maximum atomic E-state index is 4.54. The van der Waals surface area contributed by atoms with Crippen LogP contribution < -0.4 is 5.32 Å². The van der Waals surface area contributed by atoms with E-state index in [2.05, 4.69) is 46.6 Å². The van der Waals surface area contributed by atoms with Gasteiger partial charge in [0.1, 0.15) is 0 Å². The lowest BCUT2D eigenvalue weighted by Crippen LogP contribution is -2.33. The fraction of sp³-hybridized carbons (Fsp3) is 0.429. The fourth-order valence-electron chi connectivity index (χ4n) is 2.06. The Labute approximate surface area is 112 Å². The molecule has 0 saturated carbocycles. The Bertz CT molecular complexity index is 467. The van der Waals surface area contributed by atoms with Gasteiger partial charge in [-0.15, -0.1) is 11.3 Å². The molecule has 0 amide bonds. The van der Waals surface area contributed by atoms with Gasteiger partial charge in [0.15, 0.2) is 0 Å². The zero-order valence-electron chi connectivity index (χ0n) is 10.9. The molecule has 2 aromatic rings. The van der Waals surface area contributed by atoms with Crippen molar-refractivity contribution in [3.05, 3.63) is 46.2 Å². The Hall–Kier alpha value is -1.26. The largest absolute Gasteiger partial charge is 0.314 e. The topological polar surface area (TPSA) is 37.8 Å². The van der Waals surface area contributed by atoms with Crippen LogP contribution in [0.5, 0.6) is 0 Å². The number of aromatic nitrogens is 2. The molecule has 1 N–H and O–H groups in total. The van der Waals surface area contributed by atoms with E-state index in [1.807, 2.05) is 12.4 Å². The number of pyridine rings is 1. The summed E-state index contributed by atoms with van der Waals surface area (Å²) >= 11 is 1.72. The summed E-state index contributed by atoms with van der Waals surface area (Å²) in [5.41, 5.74) is 2.51. The summed E-state index contributed by atoms with van der Waals surface area (Å²) in [7, 11) is 0. The minimum atomic E-state index is 0.443. The minimum absolute atomic E-state index is 0.443. The Morgan fingerprint density at radius 1 is 1.28 bits per heavy atom. The van der Waals surface area contributed by atoms with Gasteiger partial charge in [-0.05, 0) is 37.6 Å². The Kier molecular flexibility index (Phi) is 4.84. The predicted octanol–water partition coefficient (Wildman–Crippen LogP) is 2.61. The zero-order chi connectivity index (χ0) is 12.8. The SMILES string of the molecule is CCNC(Cc1ccncc1)Cc1csc(C)n1. The van der Waals surface area contributed by atoms with Gasteiger partial charge in [-0.2, -0.15) is 0 Å². The third kappa shape index (κ3) is 3.89. The monoisotopic (exact) mass is 261 g/mol. The second-order valence-corrected chi connectivity index (χ2v) is 5.44. The Balaban J connectivity index is 1.99. The van der Waals surface area contributed by atoms with E-state index in [1.165, 1.54) is 11.3 Å². The highest BCUT2D eigenvalue weighted by molar-refractivity contribution is 7.09. The highest BCUT2D eigenvalue weighted by Crippen LogP contribution is 2.12. The highest BCUT2D eigenvalue weighted by atomic mass is 32.1. The first kappa shape index (κ1) is 13.2. The molecule has 0 radical (unpaired) electrons. The number of hydrogen-bond donors (Lipinski definition) is 1. The van der Waals surface area contributed by atoms with Crippen LogP contribution in [0.2, 0.25) is 0 Å². The first-order valence-electron chi connectivity index (χ1n) is 6.31. The number of thiazole rings is 1. The van der Waals surface area contributed by atoms with E-state index in [0.29, 0.717) is 6.04 Å². The molecule has 18 heavy (non-hydrogen) atoms. The van der Waals surface area contributed by atoms with Crippen molar-refractivity contribution < 1.29 is 0 Å². The van der Waals surface area contributed by atoms with Crippen LogP contribution in [0.15, 0.2) is 29.9 Å². The predicted molar refractivity (Wildman–Crippen MR) is 76.0 cm³/mol. The van der Waals surface area contributed by atoms with E-state index in [1.54, 1.807) is 11.3 Å². The second kappa shape index (κ2) is 6.61. The summed E-state index contributed by atoms with van der Waals surface area (Å²) in [5.74, 6) is 0. The second-order valence-electron chi connectivity index (χ2n) is 4.38. The molecule has 0 bridgehead atoms. The molecule has 0 aromatic carbocycles. The molecule has 0 fully saturated rings. The lowest BCUT2D eigenvalue weighted by Gasteiger charge is -2.16. The molecule has 4 heteroatoms. The van der Waals surface area contributed by atoms with Crippen LogP contribution in [0.1, 0.15) is 23.2 Å². The third-order valence-corrected chi connectivity index (χ3v) is 3.67. The van der Waals surface area contributed by atoms with Gasteiger partial charge >= 0.3 is 0 Å². The summed E-state index contributed by atoms with van der Waals surface area (Å²) in [6.45, 7) is 5.18. The standard InChI is InChI=1S/C14H19N3S/c1-3-16-13(8-12-4-6-15-7-5-12)9-14-10-18-11(2)17-14/h4-7,10,13,16H,3,8-9H2,1-2H3. The van der Waals surface area contributed by atoms with E-state index >= 15 is 0 Å². The average Bonchev–Trinajstić information content (AvgIpc) is 2.76. The van der Waals surface area contributed by atoms with Gasteiger partial charge < -0.3 is 5.32 Å². The highest BCUT2D eigenvalue weighted by Gasteiger charge is 2.11. The molecule has 0 aliphatic rings. The number of hydrogen-bond acceptors (Lipinski definition) is 4. The lowest BCUT2D eigenvalue weighted by molar-refractivity contribution is 0.517. The fourth-order valence-corrected chi connectivity index (χ4v) is 2.69. The van der Waals surface area contributed by atoms with Crippen LogP contribution in [0.3, 0.4) is 0 Å². The maximum Gasteiger partial charge on any atom is 0.0897 e. The molecule has 0 aliphatic heterocycles. The number of rotatable bonds is 6. The van der Waals surface area contributed by atoms with Crippen molar-refractivity contribution in [1.82, 2.24) is 15.3 Å². The third-order valence-electron chi connectivity index (χ3n) is 2.85. The molecule has 2 rings (SSSR count). The average molecular weight is 261 g/mol. The van der Waals surface area contributed by atoms with E-state index < -0.39 is 0 Å².